The number of ether oxygens (including phenoxy) is 2. The first-order valence-corrected chi connectivity index (χ1v) is 13.6. The number of H-pyrrole nitrogens is 1. The lowest BCUT2D eigenvalue weighted by Crippen LogP contribution is -2.26. The van der Waals surface area contributed by atoms with Crippen LogP contribution in [0.25, 0.3) is 21.6 Å². The average Bonchev–Trinajstić information content (AvgIpc) is 3.23. The van der Waals surface area contributed by atoms with E-state index in [1.165, 1.54) is 10.4 Å². The first-order valence-electron chi connectivity index (χ1n) is 12.4. The fraction of sp³-hybridized carbons (Fsp3) is 0.379. The smallest absolute Gasteiger partial charge is 0.260 e. The molecule has 5 rings (SSSR count). The van der Waals surface area contributed by atoms with Crippen LogP contribution in [0.5, 0.6) is 11.5 Å². The molecule has 0 radical (unpaired) electrons. The predicted molar refractivity (Wildman–Crippen MR) is 148 cm³/mol. The molecule has 36 heavy (non-hydrogen) atoms. The van der Waals surface area contributed by atoms with Crippen molar-refractivity contribution in [2.75, 3.05) is 13.2 Å². The maximum Gasteiger partial charge on any atom is 0.260 e. The Labute approximate surface area is 220 Å². The fourth-order valence-electron chi connectivity index (χ4n) is 4.74. The second-order valence-corrected chi connectivity index (χ2v) is 12.0. The van der Waals surface area contributed by atoms with E-state index in [0.717, 1.165) is 53.0 Å². The number of hydrogen-bond acceptors (Lipinski definition) is 5. The number of hydrogen-bond donors (Lipinski definition) is 1. The standard InChI is InChI=1S/C29H31ClN2O3S/c1-29(2,3)19-7-14-23-24(17-19)36-28-25(23)27(33)31-26(32-28)18-5-10-21(11-6-18)34-15-4-16-35-22-12-8-20(30)9-13-22/h5-6,8-13,19H,4,7,14-17H2,1-3H3,(H,31,32,33)/t19-/m1/s1. The summed E-state index contributed by atoms with van der Waals surface area (Å²) in [7, 11) is 0. The van der Waals surface area contributed by atoms with Gasteiger partial charge in [0.05, 0.1) is 18.6 Å². The van der Waals surface area contributed by atoms with E-state index in [1.54, 1.807) is 11.3 Å². The van der Waals surface area contributed by atoms with Crippen molar-refractivity contribution in [1.29, 1.82) is 0 Å². The molecule has 0 aliphatic heterocycles. The summed E-state index contributed by atoms with van der Waals surface area (Å²) in [5.74, 6) is 2.80. The van der Waals surface area contributed by atoms with Crippen LogP contribution in [0, 0.1) is 11.3 Å². The molecule has 0 fully saturated rings. The van der Waals surface area contributed by atoms with Crippen LogP contribution in [0.3, 0.4) is 0 Å². The van der Waals surface area contributed by atoms with Crippen molar-refractivity contribution in [2.24, 2.45) is 11.3 Å². The number of nitrogens with one attached hydrogen (secondary N) is 1. The Kier molecular flexibility index (Phi) is 7.09. The lowest BCUT2D eigenvalue weighted by molar-refractivity contribution is 0.218. The van der Waals surface area contributed by atoms with Crippen molar-refractivity contribution in [3.8, 4) is 22.9 Å². The first kappa shape index (κ1) is 24.8. The average molecular weight is 523 g/mol. The summed E-state index contributed by atoms with van der Waals surface area (Å²) in [6.07, 6.45) is 3.87. The zero-order valence-corrected chi connectivity index (χ0v) is 22.5. The number of thiophene rings is 1. The predicted octanol–water partition coefficient (Wildman–Crippen LogP) is 7.30. The Bertz CT molecular complexity index is 1400. The van der Waals surface area contributed by atoms with Gasteiger partial charge in [-0.2, -0.15) is 0 Å². The zero-order valence-electron chi connectivity index (χ0n) is 20.9. The normalized spacial score (nSPS) is 15.6. The third-order valence-electron chi connectivity index (χ3n) is 6.91. The van der Waals surface area contributed by atoms with Crippen LogP contribution < -0.4 is 15.0 Å². The molecular weight excluding hydrogens is 492 g/mol. The molecule has 0 bridgehead atoms. The molecule has 1 N–H and O–H groups in total. The van der Waals surface area contributed by atoms with Gasteiger partial charge in [-0.05, 0) is 84.7 Å². The number of aromatic nitrogens is 2. The number of fused-ring (bicyclic) bond motifs is 3. The van der Waals surface area contributed by atoms with Crippen LogP contribution in [0.2, 0.25) is 5.02 Å². The van der Waals surface area contributed by atoms with Gasteiger partial charge in [-0.25, -0.2) is 4.98 Å². The van der Waals surface area contributed by atoms with E-state index < -0.39 is 0 Å². The second-order valence-electron chi connectivity index (χ2n) is 10.4. The highest BCUT2D eigenvalue weighted by Crippen LogP contribution is 2.42. The third kappa shape index (κ3) is 5.45. The van der Waals surface area contributed by atoms with E-state index in [4.69, 9.17) is 26.1 Å². The Morgan fingerprint density at radius 1 is 1.03 bits per heavy atom. The number of nitrogens with zero attached hydrogens (tertiary/aromatic N) is 1. The van der Waals surface area contributed by atoms with Crippen molar-refractivity contribution in [1.82, 2.24) is 9.97 Å². The quantitative estimate of drug-likeness (QED) is 0.258. The lowest BCUT2D eigenvalue weighted by atomic mass is 9.72. The molecule has 0 saturated heterocycles. The van der Waals surface area contributed by atoms with Gasteiger partial charge >= 0.3 is 0 Å². The summed E-state index contributed by atoms with van der Waals surface area (Å²) in [5, 5.41) is 1.48. The highest BCUT2D eigenvalue weighted by atomic mass is 35.5. The molecule has 7 heteroatoms. The van der Waals surface area contributed by atoms with E-state index in [-0.39, 0.29) is 11.0 Å². The fourth-order valence-corrected chi connectivity index (χ4v) is 6.16. The first-order chi connectivity index (χ1) is 17.3. The van der Waals surface area contributed by atoms with Crippen molar-refractivity contribution < 1.29 is 9.47 Å². The van der Waals surface area contributed by atoms with Gasteiger partial charge in [0.15, 0.2) is 0 Å². The number of aromatic amines is 1. The van der Waals surface area contributed by atoms with Crippen molar-refractivity contribution in [3.63, 3.8) is 0 Å². The number of halogens is 1. The molecular formula is C29H31ClN2O3S. The van der Waals surface area contributed by atoms with Gasteiger partial charge in [-0.1, -0.05) is 32.4 Å². The molecule has 0 saturated carbocycles. The van der Waals surface area contributed by atoms with Gasteiger partial charge in [0.1, 0.15) is 22.2 Å². The van der Waals surface area contributed by atoms with Crippen molar-refractivity contribution >= 4 is 33.2 Å². The Hall–Kier alpha value is -2.83. The van der Waals surface area contributed by atoms with Crippen LogP contribution in [-0.4, -0.2) is 23.2 Å². The zero-order chi connectivity index (χ0) is 25.3. The summed E-state index contributed by atoms with van der Waals surface area (Å²) in [6.45, 7) is 8.03. The van der Waals surface area contributed by atoms with Crippen LogP contribution in [0.1, 0.15) is 44.1 Å². The molecule has 2 heterocycles. The maximum absolute atomic E-state index is 13.0. The van der Waals surface area contributed by atoms with Crippen molar-refractivity contribution in [3.05, 3.63) is 74.3 Å². The lowest BCUT2D eigenvalue weighted by Gasteiger charge is -2.33. The molecule has 2 aromatic heterocycles. The minimum absolute atomic E-state index is 0.0391. The molecule has 1 atom stereocenters. The van der Waals surface area contributed by atoms with Gasteiger partial charge in [0, 0.05) is 21.9 Å². The second kappa shape index (κ2) is 10.3. The van der Waals surface area contributed by atoms with E-state index >= 15 is 0 Å². The molecule has 2 aromatic carbocycles. The van der Waals surface area contributed by atoms with Crippen LogP contribution in [0.4, 0.5) is 0 Å². The molecule has 0 amide bonds. The van der Waals surface area contributed by atoms with Gasteiger partial charge in [-0.15, -0.1) is 11.3 Å². The summed E-state index contributed by atoms with van der Waals surface area (Å²) >= 11 is 7.58. The SMILES string of the molecule is CC(C)(C)[C@@H]1CCc2c(sc3nc(-c4ccc(OCCCOc5ccc(Cl)cc5)cc4)[nH]c(=O)c23)C1. The maximum atomic E-state index is 13.0. The van der Waals surface area contributed by atoms with E-state index in [1.807, 2.05) is 48.5 Å². The van der Waals surface area contributed by atoms with E-state index in [9.17, 15) is 4.79 Å². The minimum atomic E-state index is -0.0391. The summed E-state index contributed by atoms with van der Waals surface area (Å²) in [5.41, 5.74) is 2.31. The topological polar surface area (TPSA) is 64.2 Å². The monoisotopic (exact) mass is 522 g/mol. The third-order valence-corrected chi connectivity index (χ3v) is 8.31. The van der Waals surface area contributed by atoms with Gasteiger partial charge < -0.3 is 14.5 Å². The molecule has 5 nitrogen and oxygen atoms in total. The molecule has 1 aliphatic rings. The van der Waals surface area contributed by atoms with Crippen LogP contribution in [0.15, 0.2) is 53.3 Å². The van der Waals surface area contributed by atoms with Crippen LogP contribution >= 0.6 is 22.9 Å². The highest BCUT2D eigenvalue weighted by molar-refractivity contribution is 7.18. The molecule has 0 unspecified atom stereocenters. The summed E-state index contributed by atoms with van der Waals surface area (Å²) in [4.78, 5) is 23.1. The minimum Gasteiger partial charge on any atom is -0.493 e. The van der Waals surface area contributed by atoms with E-state index in [0.29, 0.717) is 30.0 Å². The molecule has 0 spiro atoms. The van der Waals surface area contributed by atoms with Crippen molar-refractivity contribution in [2.45, 2.75) is 46.5 Å². The number of rotatable bonds is 7. The van der Waals surface area contributed by atoms with Gasteiger partial charge in [-0.3, -0.25) is 4.79 Å². The number of aryl methyl sites for hydroxylation is 1. The highest BCUT2D eigenvalue weighted by Gasteiger charge is 2.31. The molecule has 188 valence electrons. The summed E-state index contributed by atoms with van der Waals surface area (Å²) in [6, 6.07) is 15.0. The molecule has 1 aliphatic carbocycles. The Balaban J connectivity index is 1.22. The van der Waals surface area contributed by atoms with Gasteiger partial charge in [0.25, 0.3) is 5.56 Å². The van der Waals surface area contributed by atoms with Crippen LogP contribution in [-0.2, 0) is 12.8 Å². The largest absolute Gasteiger partial charge is 0.493 e. The molecule has 4 aromatic rings. The van der Waals surface area contributed by atoms with E-state index in [2.05, 4.69) is 25.8 Å². The van der Waals surface area contributed by atoms with Gasteiger partial charge in [0.2, 0.25) is 0 Å². The Morgan fingerprint density at radius 3 is 2.31 bits per heavy atom. The Morgan fingerprint density at radius 2 is 1.67 bits per heavy atom. The number of benzene rings is 2. The summed E-state index contributed by atoms with van der Waals surface area (Å²) < 4.78 is 11.5.